The van der Waals surface area contributed by atoms with Crippen LogP contribution in [0.5, 0.6) is 0 Å². The van der Waals surface area contributed by atoms with E-state index >= 15 is 0 Å². The summed E-state index contributed by atoms with van der Waals surface area (Å²) in [6.07, 6.45) is 4.67. The van der Waals surface area contributed by atoms with Crippen LogP contribution in [0.2, 0.25) is 0 Å². The topological polar surface area (TPSA) is 41.6 Å². The molecule has 1 atom stereocenters. The largest absolute Gasteiger partial charge is 0.379 e. The molecular formula is C13H24N2O2. The number of hydrogen-bond donors (Lipinski definition) is 1. The molecule has 1 heterocycles. The number of carbonyl (C=O) groups is 1. The van der Waals surface area contributed by atoms with Crippen molar-refractivity contribution in [1.82, 2.24) is 10.2 Å². The number of rotatable bonds is 6. The summed E-state index contributed by atoms with van der Waals surface area (Å²) in [6.45, 7) is 5.19. The molecule has 4 heteroatoms. The first kappa shape index (κ1) is 12.8. The lowest BCUT2D eigenvalue weighted by Crippen LogP contribution is -2.52. The molecule has 0 aromatic rings. The predicted octanol–water partition coefficient (Wildman–Crippen LogP) is 1.01. The first-order valence-electron chi connectivity index (χ1n) is 6.70. The smallest absolute Gasteiger partial charge is 0.242 e. The molecule has 1 aliphatic heterocycles. The molecule has 98 valence electrons. The molecule has 1 unspecified atom stereocenters. The van der Waals surface area contributed by atoms with E-state index in [4.69, 9.17) is 4.74 Å². The van der Waals surface area contributed by atoms with E-state index in [1.54, 1.807) is 4.90 Å². The summed E-state index contributed by atoms with van der Waals surface area (Å²) in [5, 5.41) is 3.30. The SMILES string of the molecule is CN(CCOCC1CC1)C(=O)C1(C)CCCN1. The number of nitrogens with zero attached hydrogens (tertiary/aromatic N) is 1. The number of amides is 1. The third-order valence-electron chi connectivity index (χ3n) is 3.81. The van der Waals surface area contributed by atoms with Crippen LogP contribution in [0.25, 0.3) is 0 Å². The van der Waals surface area contributed by atoms with Crippen molar-refractivity contribution in [2.24, 2.45) is 5.92 Å². The first-order valence-corrected chi connectivity index (χ1v) is 6.70. The fraction of sp³-hybridized carbons (Fsp3) is 0.923. The Morgan fingerprint density at radius 1 is 1.53 bits per heavy atom. The number of ether oxygens (including phenoxy) is 1. The van der Waals surface area contributed by atoms with Crippen LogP contribution in [0.15, 0.2) is 0 Å². The third kappa shape index (κ3) is 3.42. The van der Waals surface area contributed by atoms with Crippen LogP contribution in [-0.4, -0.2) is 49.7 Å². The normalized spacial score (nSPS) is 28.4. The minimum Gasteiger partial charge on any atom is -0.379 e. The van der Waals surface area contributed by atoms with Gasteiger partial charge in [-0.2, -0.15) is 0 Å². The Kier molecular flexibility index (Phi) is 4.05. The van der Waals surface area contributed by atoms with Gasteiger partial charge in [0.25, 0.3) is 0 Å². The Labute approximate surface area is 104 Å². The standard InChI is InChI=1S/C13H24N2O2/c1-13(6-3-7-14-13)12(16)15(2)8-9-17-10-11-4-5-11/h11,14H,3-10H2,1-2H3. The molecule has 4 nitrogen and oxygen atoms in total. The summed E-state index contributed by atoms with van der Waals surface area (Å²) >= 11 is 0. The van der Waals surface area contributed by atoms with Gasteiger partial charge in [0, 0.05) is 20.2 Å². The molecule has 0 aromatic carbocycles. The average Bonchev–Trinajstić information content (AvgIpc) is 3.04. The molecule has 2 rings (SSSR count). The Morgan fingerprint density at radius 3 is 2.88 bits per heavy atom. The van der Waals surface area contributed by atoms with Crippen LogP contribution in [0.3, 0.4) is 0 Å². The van der Waals surface area contributed by atoms with Crippen molar-refractivity contribution in [2.45, 2.75) is 38.1 Å². The van der Waals surface area contributed by atoms with Crippen molar-refractivity contribution < 1.29 is 9.53 Å². The van der Waals surface area contributed by atoms with Gasteiger partial charge in [-0.1, -0.05) is 0 Å². The van der Waals surface area contributed by atoms with Crippen molar-refractivity contribution >= 4 is 5.91 Å². The van der Waals surface area contributed by atoms with E-state index in [0.29, 0.717) is 13.2 Å². The van der Waals surface area contributed by atoms with E-state index in [0.717, 1.165) is 31.9 Å². The summed E-state index contributed by atoms with van der Waals surface area (Å²) in [6, 6.07) is 0. The lowest BCUT2D eigenvalue weighted by molar-refractivity contribution is -0.136. The molecule has 2 aliphatic rings. The average molecular weight is 240 g/mol. The molecule has 2 fully saturated rings. The second-order valence-electron chi connectivity index (χ2n) is 5.61. The summed E-state index contributed by atoms with van der Waals surface area (Å²) in [7, 11) is 1.87. The van der Waals surface area contributed by atoms with Gasteiger partial charge < -0.3 is 15.0 Å². The Morgan fingerprint density at radius 2 is 2.29 bits per heavy atom. The van der Waals surface area contributed by atoms with Crippen LogP contribution in [-0.2, 0) is 9.53 Å². The summed E-state index contributed by atoms with van der Waals surface area (Å²) in [5.74, 6) is 0.995. The number of hydrogen-bond acceptors (Lipinski definition) is 3. The number of likely N-dealkylation sites (N-methyl/N-ethyl adjacent to an activating group) is 1. The Bertz CT molecular complexity index is 271. The van der Waals surface area contributed by atoms with Crippen LogP contribution in [0.4, 0.5) is 0 Å². The van der Waals surface area contributed by atoms with E-state index in [-0.39, 0.29) is 11.4 Å². The lowest BCUT2D eigenvalue weighted by Gasteiger charge is -2.29. The van der Waals surface area contributed by atoms with Gasteiger partial charge in [-0.3, -0.25) is 4.79 Å². The summed E-state index contributed by atoms with van der Waals surface area (Å²) < 4.78 is 5.56. The van der Waals surface area contributed by atoms with E-state index < -0.39 is 0 Å². The minimum absolute atomic E-state index is 0.199. The third-order valence-corrected chi connectivity index (χ3v) is 3.81. The highest BCUT2D eigenvalue weighted by atomic mass is 16.5. The van der Waals surface area contributed by atoms with Crippen molar-refractivity contribution in [3.05, 3.63) is 0 Å². The van der Waals surface area contributed by atoms with E-state index in [2.05, 4.69) is 5.32 Å². The fourth-order valence-corrected chi connectivity index (χ4v) is 2.34. The minimum atomic E-state index is -0.342. The molecule has 0 bridgehead atoms. The molecule has 0 radical (unpaired) electrons. The first-order chi connectivity index (χ1) is 8.12. The number of carbonyl (C=O) groups excluding carboxylic acids is 1. The van der Waals surface area contributed by atoms with E-state index in [1.165, 1.54) is 12.8 Å². The van der Waals surface area contributed by atoms with Gasteiger partial charge >= 0.3 is 0 Å². The maximum Gasteiger partial charge on any atom is 0.242 e. The molecule has 0 spiro atoms. The van der Waals surface area contributed by atoms with Crippen molar-refractivity contribution in [1.29, 1.82) is 0 Å². The molecule has 1 saturated heterocycles. The van der Waals surface area contributed by atoms with Gasteiger partial charge in [-0.25, -0.2) is 0 Å². The fourth-order valence-electron chi connectivity index (χ4n) is 2.34. The molecule has 17 heavy (non-hydrogen) atoms. The van der Waals surface area contributed by atoms with Gasteiger partial charge in [0.05, 0.1) is 12.1 Å². The highest BCUT2D eigenvalue weighted by Crippen LogP contribution is 2.28. The van der Waals surface area contributed by atoms with Crippen molar-refractivity contribution in [3.8, 4) is 0 Å². The van der Waals surface area contributed by atoms with Gasteiger partial charge in [-0.05, 0) is 45.1 Å². The zero-order chi connectivity index (χ0) is 12.3. The van der Waals surface area contributed by atoms with E-state index in [9.17, 15) is 4.79 Å². The molecule has 1 aliphatic carbocycles. The van der Waals surface area contributed by atoms with Gasteiger partial charge in [-0.15, -0.1) is 0 Å². The van der Waals surface area contributed by atoms with Crippen LogP contribution >= 0.6 is 0 Å². The zero-order valence-electron chi connectivity index (χ0n) is 11.0. The highest BCUT2D eigenvalue weighted by Gasteiger charge is 2.37. The van der Waals surface area contributed by atoms with Crippen LogP contribution < -0.4 is 5.32 Å². The van der Waals surface area contributed by atoms with Crippen LogP contribution in [0, 0.1) is 5.92 Å². The maximum absolute atomic E-state index is 12.2. The monoisotopic (exact) mass is 240 g/mol. The van der Waals surface area contributed by atoms with Gasteiger partial charge in [0.15, 0.2) is 0 Å². The lowest BCUT2D eigenvalue weighted by atomic mass is 9.99. The number of nitrogens with one attached hydrogen (secondary N) is 1. The Balaban J connectivity index is 1.66. The maximum atomic E-state index is 12.2. The van der Waals surface area contributed by atoms with E-state index in [1.807, 2.05) is 14.0 Å². The molecule has 1 amide bonds. The predicted molar refractivity (Wildman–Crippen MR) is 66.8 cm³/mol. The molecular weight excluding hydrogens is 216 g/mol. The summed E-state index contributed by atoms with van der Waals surface area (Å²) in [5.41, 5.74) is -0.342. The zero-order valence-corrected chi connectivity index (χ0v) is 11.0. The van der Waals surface area contributed by atoms with Crippen molar-refractivity contribution in [3.63, 3.8) is 0 Å². The second kappa shape index (κ2) is 5.36. The molecule has 0 aromatic heterocycles. The summed E-state index contributed by atoms with van der Waals surface area (Å²) in [4.78, 5) is 14.0. The molecule has 1 N–H and O–H groups in total. The highest BCUT2D eigenvalue weighted by molar-refractivity contribution is 5.86. The van der Waals surface area contributed by atoms with Gasteiger partial charge in [0.2, 0.25) is 5.91 Å². The Hall–Kier alpha value is -0.610. The second-order valence-corrected chi connectivity index (χ2v) is 5.61. The van der Waals surface area contributed by atoms with Gasteiger partial charge in [0.1, 0.15) is 0 Å². The quantitative estimate of drug-likeness (QED) is 0.705. The van der Waals surface area contributed by atoms with Crippen molar-refractivity contribution in [2.75, 3.05) is 33.4 Å². The van der Waals surface area contributed by atoms with Crippen LogP contribution in [0.1, 0.15) is 32.6 Å². The molecule has 1 saturated carbocycles.